The van der Waals surface area contributed by atoms with E-state index >= 15 is 0 Å². The Morgan fingerprint density at radius 2 is 1.75 bits per heavy atom. The largest absolute Gasteiger partial charge is 0.0985 e. The summed E-state index contributed by atoms with van der Waals surface area (Å²) in [6.45, 7) is 17.4. The van der Waals surface area contributed by atoms with Gasteiger partial charge in [0, 0.05) is 0 Å². The highest BCUT2D eigenvalue weighted by Gasteiger charge is 2.18. The van der Waals surface area contributed by atoms with Crippen LogP contribution in [0, 0.1) is 6.92 Å². The number of aryl methyl sites for hydroxylation is 1. The van der Waals surface area contributed by atoms with E-state index in [1.807, 2.05) is 6.08 Å². The van der Waals surface area contributed by atoms with Crippen LogP contribution in [-0.4, -0.2) is 0 Å². The number of hydrogen-bond donors (Lipinski definition) is 0. The first-order valence-corrected chi connectivity index (χ1v) is 6.04. The second-order valence-electron chi connectivity index (χ2n) is 5.90. The van der Waals surface area contributed by atoms with Gasteiger partial charge in [-0.1, -0.05) is 59.4 Å². The van der Waals surface area contributed by atoms with Gasteiger partial charge in [0.05, 0.1) is 0 Å². The lowest BCUT2D eigenvalue weighted by atomic mass is 9.80. The van der Waals surface area contributed by atoms with Crippen LogP contribution in [0.3, 0.4) is 0 Å². The Bertz CT molecular complexity index is 389. The molecule has 0 amide bonds. The van der Waals surface area contributed by atoms with Crippen LogP contribution in [-0.2, 0) is 5.41 Å². The predicted octanol–water partition coefficient (Wildman–Crippen LogP) is 5.06. The summed E-state index contributed by atoms with van der Waals surface area (Å²) >= 11 is 0. The van der Waals surface area contributed by atoms with E-state index in [-0.39, 0.29) is 5.41 Å². The van der Waals surface area contributed by atoms with Gasteiger partial charge >= 0.3 is 0 Å². The fourth-order valence-electron chi connectivity index (χ4n) is 2.18. The van der Waals surface area contributed by atoms with Crippen molar-refractivity contribution in [1.82, 2.24) is 0 Å². The Morgan fingerprint density at radius 1 is 1.19 bits per heavy atom. The van der Waals surface area contributed by atoms with Gasteiger partial charge in [0.25, 0.3) is 0 Å². The van der Waals surface area contributed by atoms with Crippen LogP contribution in [0.1, 0.15) is 62.8 Å². The monoisotopic (exact) mass is 216 g/mol. The molecule has 0 spiro atoms. The lowest BCUT2D eigenvalue weighted by Crippen LogP contribution is -2.14. The molecule has 0 saturated carbocycles. The van der Waals surface area contributed by atoms with Crippen LogP contribution in [0.4, 0.5) is 0 Å². The van der Waals surface area contributed by atoms with Crippen molar-refractivity contribution >= 4 is 6.08 Å². The normalized spacial score (nSPS) is 11.9. The van der Waals surface area contributed by atoms with Crippen molar-refractivity contribution < 1.29 is 0 Å². The van der Waals surface area contributed by atoms with E-state index < -0.39 is 0 Å². The Balaban J connectivity index is 3.44. The first kappa shape index (κ1) is 13.0. The van der Waals surface area contributed by atoms with Crippen molar-refractivity contribution in [3.8, 4) is 0 Å². The zero-order valence-electron chi connectivity index (χ0n) is 11.5. The molecule has 0 radical (unpaired) electrons. The van der Waals surface area contributed by atoms with E-state index in [2.05, 4.69) is 60.3 Å². The number of benzene rings is 1. The maximum atomic E-state index is 3.94. The van der Waals surface area contributed by atoms with Crippen molar-refractivity contribution in [2.75, 3.05) is 0 Å². The number of hydrogen-bond acceptors (Lipinski definition) is 0. The molecule has 1 rings (SSSR count). The van der Waals surface area contributed by atoms with Crippen LogP contribution in [0.25, 0.3) is 6.08 Å². The second-order valence-corrected chi connectivity index (χ2v) is 5.90. The molecule has 0 heterocycles. The average molecular weight is 216 g/mol. The van der Waals surface area contributed by atoms with Gasteiger partial charge in [-0.3, -0.25) is 0 Å². The Hall–Kier alpha value is -1.04. The van der Waals surface area contributed by atoms with Gasteiger partial charge in [-0.25, -0.2) is 0 Å². The standard InChI is InChI=1S/C16H24/c1-8-13-10-14(11(2)3)12(4)9-15(13)16(5,6)7/h8-11H,1H2,2-7H3. The van der Waals surface area contributed by atoms with Crippen molar-refractivity contribution in [1.29, 1.82) is 0 Å². The first-order valence-electron chi connectivity index (χ1n) is 6.04. The summed E-state index contributed by atoms with van der Waals surface area (Å²) in [4.78, 5) is 0. The fourth-order valence-corrected chi connectivity index (χ4v) is 2.18. The quantitative estimate of drug-likeness (QED) is 0.648. The average Bonchev–Trinajstić information content (AvgIpc) is 2.15. The summed E-state index contributed by atoms with van der Waals surface area (Å²) in [7, 11) is 0. The Labute approximate surface area is 100 Å². The molecule has 0 N–H and O–H groups in total. The van der Waals surface area contributed by atoms with Gasteiger partial charge < -0.3 is 0 Å². The molecule has 0 bridgehead atoms. The minimum absolute atomic E-state index is 0.184. The van der Waals surface area contributed by atoms with E-state index in [1.54, 1.807) is 0 Å². The molecule has 0 aromatic heterocycles. The molecule has 0 aliphatic carbocycles. The smallest absolute Gasteiger partial charge is 0.0126 e. The summed E-state index contributed by atoms with van der Waals surface area (Å²) in [5.41, 5.74) is 5.68. The third kappa shape index (κ3) is 2.55. The van der Waals surface area contributed by atoms with Crippen molar-refractivity contribution in [3.63, 3.8) is 0 Å². The van der Waals surface area contributed by atoms with Gasteiger partial charge in [-0.2, -0.15) is 0 Å². The molecule has 0 atom stereocenters. The summed E-state index contributed by atoms with van der Waals surface area (Å²) < 4.78 is 0. The molecule has 16 heavy (non-hydrogen) atoms. The fraction of sp³-hybridized carbons (Fsp3) is 0.500. The van der Waals surface area contributed by atoms with E-state index in [1.165, 1.54) is 22.3 Å². The highest BCUT2D eigenvalue weighted by Crippen LogP contribution is 2.31. The molecule has 1 aromatic carbocycles. The van der Waals surface area contributed by atoms with E-state index in [0.717, 1.165) is 0 Å². The van der Waals surface area contributed by atoms with Crippen LogP contribution >= 0.6 is 0 Å². The Kier molecular flexibility index (Phi) is 3.62. The number of rotatable bonds is 2. The molecule has 1 aromatic rings. The molecule has 0 saturated heterocycles. The molecule has 0 aliphatic rings. The lowest BCUT2D eigenvalue weighted by molar-refractivity contribution is 0.587. The second kappa shape index (κ2) is 4.45. The zero-order valence-corrected chi connectivity index (χ0v) is 11.5. The molecule has 0 aliphatic heterocycles. The van der Waals surface area contributed by atoms with Gasteiger partial charge in [-0.15, -0.1) is 0 Å². The molecular weight excluding hydrogens is 192 g/mol. The van der Waals surface area contributed by atoms with Gasteiger partial charge in [0.2, 0.25) is 0 Å². The van der Waals surface area contributed by atoms with Crippen LogP contribution in [0.5, 0.6) is 0 Å². The van der Waals surface area contributed by atoms with E-state index in [9.17, 15) is 0 Å². The summed E-state index contributed by atoms with van der Waals surface area (Å²) in [6.07, 6.45) is 1.98. The predicted molar refractivity (Wildman–Crippen MR) is 74.1 cm³/mol. The van der Waals surface area contributed by atoms with Gasteiger partial charge in [0.15, 0.2) is 0 Å². The maximum Gasteiger partial charge on any atom is -0.0126 e. The molecule has 0 nitrogen and oxygen atoms in total. The Morgan fingerprint density at radius 3 is 2.12 bits per heavy atom. The molecule has 0 fully saturated rings. The summed E-state index contributed by atoms with van der Waals surface area (Å²) in [5, 5.41) is 0. The van der Waals surface area contributed by atoms with E-state index in [4.69, 9.17) is 0 Å². The molecule has 0 heteroatoms. The van der Waals surface area contributed by atoms with Gasteiger partial charge in [-0.05, 0) is 40.5 Å². The summed E-state index contributed by atoms with van der Waals surface area (Å²) in [5.74, 6) is 0.577. The zero-order chi connectivity index (χ0) is 12.5. The minimum Gasteiger partial charge on any atom is -0.0985 e. The van der Waals surface area contributed by atoms with Crippen LogP contribution in [0.2, 0.25) is 0 Å². The van der Waals surface area contributed by atoms with Gasteiger partial charge in [0.1, 0.15) is 0 Å². The highest BCUT2D eigenvalue weighted by atomic mass is 14.2. The summed E-state index contributed by atoms with van der Waals surface area (Å²) in [6, 6.07) is 4.62. The van der Waals surface area contributed by atoms with Crippen LogP contribution < -0.4 is 0 Å². The SMILES string of the molecule is C=Cc1cc(C(C)C)c(C)cc1C(C)(C)C. The third-order valence-corrected chi connectivity index (χ3v) is 3.09. The van der Waals surface area contributed by atoms with Crippen molar-refractivity contribution in [2.45, 2.75) is 52.9 Å². The topological polar surface area (TPSA) is 0 Å². The highest BCUT2D eigenvalue weighted by molar-refractivity contribution is 5.57. The molecule has 0 unspecified atom stereocenters. The third-order valence-electron chi connectivity index (χ3n) is 3.09. The van der Waals surface area contributed by atoms with Crippen LogP contribution in [0.15, 0.2) is 18.7 Å². The minimum atomic E-state index is 0.184. The molecular formula is C16H24. The van der Waals surface area contributed by atoms with E-state index in [0.29, 0.717) is 5.92 Å². The lowest BCUT2D eigenvalue weighted by Gasteiger charge is -2.24. The molecule has 88 valence electrons. The van der Waals surface area contributed by atoms with Crippen molar-refractivity contribution in [2.24, 2.45) is 0 Å². The first-order chi connectivity index (χ1) is 7.27. The maximum absolute atomic E-state index is 3.94. The van der Waals surface area contributed by atoms with Crippen molar-refractivity contribution in [3.05, 3.63) is 41.0 Å².